The molecular weight excluding hydrogens is 422 g/mol. The van der Waals surface area contributed by atoms with Gasteiger partial charge in [-0.1, -0.05) is 64.5 Å². The van der Waals surface area contributed by atoms with Crippen LogP contribution in [0.5, 0.6) is 5.75 Å². The third kappa shape index (κ3) is 4.38. The number of hydrogen-bond acceptors (Lipinski definition) is 4. The number of furan rings is 1. The maximum absolute atomic E-state index is 10.3. The number of rotatable bonds is 9. The summed E-state index contributed by atoms with van der Waals surface area (Å²) in [6, 6.07) is 10.8. The first kappa shape index (κ1) is 22.8. The molecule has 4 aromatic rings. The van der Waals surface area contributed by atoms with Gasteiger partial charge in [0.2, 0.25) is 5.89 Å². The second-order valence-electron chi connectivity index (χ2n) is 9.82. The van der Waals surface area contributed by atoms with Gasteiger partial charge in [-0.3, -0.25) is 0 Å². The maximum Gasteiger partial charge on any atom is 0.225 e. The quantitative estimate of drug-likeness (QED) is 0.273. The van der Waals surface area contributed by atoms with Gasteiger partial charge in [0, 0.05) is 11.1 Å². The first-order valence-electron chi connectivity index (χ1n) is 13.0. The van der Waals surface area contributed by atoms with Crippen LogP contribution in [0.15, 0.2) is 57.9 Å². The number of hydrogen-bond donors (Lipinski definition) is 1. The van der Waals surface area contributed by atoms with Gasteiger partial charge < -0.3 is 13.9 Å². The summed E-state index contributed by atoms with van der Waals surface area (Å²) in [5.41, 5.74) is 6.69. The molecule has 1 aliphatic carbocycles. The fraction of sp³-hybridized carbons (Fsp3) is 0.433. The Kier molecular flexibility index (Phi) is 6.75. The van der Waals surface area contributed by atoms with Gasteiger partial charge >= 0.3 is 0 Å². The Labute approximate surface area is 202 Å². The summed E-state index contributed by atoms with van der Waals surface area (Å²) in [5.74, 6) is 2.17. The van der Waals surface area contributed by atoms with Gasteiger partial charge in [0.15, 0.2) is 5.75 Å². The van der Waals surface area contributed by atoms with Crippen molar-refractivity contribution in [1.82, 2.24) is 4.98 Å². The number of oxazole rings is 1. The minimum Gasteiger partial charge on any atom is -0.504 e. The fourth-order valence-electron chi connectivity index (χ4n) is 5.74. The molecule has 2 atom stereocenters. The average Bonchev–Trinajstić information content (AvgIpc) is 3.50. The highest BCUT2D eigenvalue weighted by Gasteiger charge is 2.26. The molecule has 34 heavy (non-hydrogen) atoms. The lowest BCUT2D eigenvalue weighted by atomic mass is 9.84. The highest BCUT2D eigenvalue weighted by Crippen LogP contribution is 2.46. The molecule has 2 aromatic heterocycles. The van der Waals surface area contributed by atoms with Crippen molar-refractivity contribution in [1.29, 1.82) is 0 Å². The number of fused-ring (bicyclic) bond motifs is 5. The number of benzene rings is 2. The molecule has 5 rings (SSSR count). The molecule has 0 amide bonds. The number of nitrogens with zero attached hydrogens (tertiary/aromatic N) is 1. The van der Waals surface area contributed by atoms with Crippen molar-refractivity contribution in [3.63, 3.8) is 0 Å². The number of unbranched alkanes of at least 4 members (excludes halogenated alkanes) is 1. The lowest BCUT2D eigenvalue weighted by molar-refractivity contribution is 0.392. The highest BCUT2D eigenvalue weighted by atomic mass is 16.4. The number of aromatic hydroxyl groups is 1. The molecule has 178 valence electrons. The van der Waals surface area contributed by atoms with Gasteiger partial charge in [0.05, 0.1) is 11.6 Å². The zero-order valence-electron chi connectivity index (χ0n) is 20.3. The Bertz CT molecular complexity index is 1240. The van der Waals surface area contributed by atoms with Crippen molar-refractivity contribution in [2.75, 3.05) is 0 Å². The zero-order chi connectivity index (χ0) is 23.5. The SMILES string of the molecule is CCCCC(CC)CCCC1CCc2ccc3c(O)coc3c2-c2cc(-c3ncco3)ccc21. The van der Waals surface area contributed by atoms with Gasteiger partial charge in [0.1, 0.15) is 18.1 Å². The van der Waals surface area contributed by atoms with Gasteiger partial charge in [-0.25, -0.2) is 4.98 Å². The Balaban J connectivity index is 1.51. The first-order valence-corrected chi connectivity index (χ1v) is 13.0. The van der Waals surface area contributed by atoms with Crippen molar-refractivity contribution in [2.45, 2.75) is 77.6 Å². The molecule has 2 aromatic carbocycles. The summed E-state index contributed by atoms with van der Waals surface area (Å²) in [4.78, 5) is 4.37. The van der Waals surface area contributed by atoms with Crippen LogP contribution in [-0.4, -0.2) is 10.1 Å². The highest BCUT2D eigenvalue weighted by molar-refractivity contribution is 5.99. The molecule has 0 saturated heterocycles. The first-order chi connectivity index (χ1) is 16.7. The topological polar surface area (TPSA) is 59.4 Å². The van der Waals surface area contributed by atoms with Gasteiger partial charge in [0.25, 0.3) is 0 Å². The molecular formula is C30H35NO3. The van der Waals surface area contributed by atoms with Crippen LogP contribution in [0, 0.1) is 5.92 Å². The summed E-state index contributed by atoms with van der Waals surface area (Å²) >= 11 is 0. The Morgan fingerprint density at radius 1 is 1.09 bits per heavy atom. The van der Waals surface area contributed by atoms with Crippen molar-refractivity contribution in [3.05, 3.63) is 60.2 Å². The predicted molar refractivity (Wildman–Crippen MR) is 137 cm³/mol. The van der Waals surface area contributed by atoms with Crippen LogP contribution in [0.4, 0.5) is 0 Å². The lowest BCUT2D eigenvalue weighted by Crippen LogP contribution is -2.04. The minimum atomic E-state index is 0.196. The van der Waals surface area contributed by atoms with Crippen LogP contribution >= 0.6 is 0 Å². The van der Waals surface area contributed by atoms with E-state index in [0.717, 1.165) is 40.9 Å². The van der Waals surface area contributed by atoms with E-state index in [2.05, 4.69) is 43.1 Å². The van der Waals surface area contributed by atoms with Crippen LogP contribution in [0.1, 0.15) is 82.3 Å². The molecule has 0 radical (unpaired) electrons. The minimum absolute atomic E-state index is 0.196. The van der Waals surface area contributed by atoms with E-state index in [9.17, 15) is 5.11 Å². The number of aromatic nitrogens is 1. The van der Waals surface area contributed by atoms with Gasteiger partial charge in [-0.05, 0) is 66.0 Å². The van der Waals surface area contributed by atoms with E-state index in [4.69, 9.17) is 8.83 Å². The van der Waals surface area contributed by atoms with Crippen molar-refractivity contribution in [2.24, 2.45) is 5.92 Å². The van der Waals surface area contributed by atoms with Crippen LogP contribution < -0.4 is 0 Å². The van der Waals surface area contributed by atoms with Gasteiger partial charge in [-0.15, -0.1) is 0 Å². The summed E-state index contributed by atoms with van der Waals surface area (Å²) < 4.78 is 11.5. The standard InChI is InChI=1S/C30H35NO3/c1-3-5-7-20(4-2)8-6-9-21-10-11-22-12-15-25-27(32)19-34-29(25)28(22)26-18-23(13-14-24(21)26)30-31-16-17-33-30/h12-21,32H,3-11H2,1-2H3. The van der Waals surface area contributed by atoms with Crippen LogP contribution in [0.2, 0.25) is 0 Å². The summed E-state index contributed by atoms with van der Waals surface area (Å²) in [6.45, 7) is 4.63. The molecule has 0 fully saturated rings. The Morgan fingerprint density at radius 3 is 2.76 bits per heavy atom. The Hall–Kier alpha value is -3.01. The third-order valence-electron chi connectivity index (χ3n) is 7.72. The van der Waals surface area contributed by atoms with E-state index in [1.165, 1.54) is 67.9 Å². The molecule has 0 saturated carbocycles. The molecule has 0 bridgehead atoms. The molecule has 1 N–H and O–H groups in total. The second-order valence-corrected chi connectivity index (χ2v) is 9.82. The summed E-state index contributed by atoms with van der Waals surface area (Å²) in [5, 5.41) is 11.1. The molecule has 4 nitrogen and oxygen atoms in total. The molecule has 2 unspecified atom stereocenters. The molecule has 0 aliphatic heterocycles. The normalized spacial score (nSPS) is 16.2. The Morgan fingerprint density at radius 2 is 1.97 bits per heavy atom. The lowest BCUT2D eigenvalue weighted by Gasteiger charge is -2.20. The van der Waals surface area contributed by atoms with E-state index in [0.29, 0.717) is 11.8 Å². The van der Waals surface area contributed by atoms with Crippen molar-refractivity contribution >= 4 is 11.0 Å². The monoisotopic (exact) mass is 457 g/mol. The maximum atomic E-state index is 10.3. The smallest absolute Gasteiger partial charge is 0.225 e. The van der Waals surface area contributed by atoms with E-state index in [1.807, 2.05) is 6.07 Å². The fourth-order valence-corrected chi connectivity index (χ4v) is 5.74. The van der Waals surface area contributed by atoms with Crippen LogP contribution in [0.3, 0.4) is 0 Å². The van der Waals surface area contributed by atoms with E-state index >= 15 is 0 Å². The van der Waals surface area contributed by atoms with E-state index < -0.39 is 0 Å². The van der Waals surface area contributed by atoms with Crippen molar-refractivity contribution in [3.8, 4) is 28.3 Å². The van der Waals surface area contributed by atoms with Crippen LogP contribution in [0.25, 0.3) is 33.6 Å². The zero-order valence-corrected chi connectivity index (χ0v) is 20.3. The van der Waals surface area contributed by atoms with E-state index in [1.54, 1.807) is 12.5 Å². The molecule has 2 heterocycles. The largest absolute Gasteiger partial charge is 0.504 e. The molecule has 1 aliphatic rings. The van der Waals surface area contributed by atoms with E-state index in [-0.39, 0.29) is 5.75 Å². The van der Waals surface area contributed by atoms with Gasteiger partial charge in [-0.2, -0.15) is 0 Å². The second kappa shape index (κ2) is 10.1. The molecule has 0 spiro atoms. The summed E-state index contributed by atoms with van der Waals surface area (Å²) in [6.07, 6.45) is 15.9. The molecule has 4 heteroatoms. The summed E-state index contributed by atoms with van der Waals surface area (Å²) in [7, 11) is 0. The number of aryl methyl sites for hydroxylation is 1. The predicted octanol–water partition coefficient (Wildman–Crippen LogP) is 8.88. The average molecular weight is 458 g/mol. The third-order valence-corrected chi connectivity index (χ3v) is 7.72. The van der Waals surface area contributed by atoms with Crippen molar-refractivity contribution < 1.29 is 13.9 Å². The van der Waals surface area contributed by atoms with Crippen LogP contribution in [-0.2, 0) is 6.42 Å².